The lowest BCUT2D eigenvalue weighted by Crippen LogP contribution is -2.49. The zero-order valence-corrected chi connectivity index (χ0v) is 15.2. The van der Waals surface area contributed by atoms with Crippen molar-refractivity contribution in [3.63, 3.8) is 0 Å². The summed E-state index contributed by atoms with van der Waals surface area (Å²) in [4.78, 5) is 31.2. The lowest BCUT2D eigenvalue weighted by atomic mass is 9.84. The van der Waals surface area contributed by atoms with Gasteiger partial charge in [0.05, 0.1) is 12.3 Å². The quantitative estimate of drug-likeness (QED) is 0.835. The fourth-order valence-corrected chi connectivity index (χ4v) is 4.73. The topological polar surface area (TPSA) is 71.5 Å². The molecule has 1 saturated carbocycles. The second kappa shape index (κ2) is 7.35. The van der Waals surface area contributed by atoms with Gasteiger partial charge in [-0.2, -0.15) is 0 Å². The van der Waals surface area contributed by atoms with E-state index in [1.807, 2.05) is 12.3 Å². The first-order valence-corrected chi connectivity index (χ1v) is 9.78. The Morgan fingerprint density at radius 1 is 1.31 bits per heavy atom. The highest BCUT2D eigenvalue weighted by Gasteiger charge is 2.54. The standard InChI is InChI=1S/C20H27N3O3/c24-18-12-17(20(26-18)7-1-2-8-20)19(25)22-16-5-10-23(11-6-16)14-15-4-3-9-21-13-15/h3-4,9,13,16-17H,1-2,5-8,10-12,14H2,(H,22,25)/t17-/m0/s1. The maximum atomic E-state index is 12.8. The lowest BCUT2D eigenvalue weighted by molar-refractivity contribution is -0.150. The molecule has 1 aliphatic carbocycles. The summed E-state index contributed by atoms with van der Waals surface area (Å²) in [5, 5.41) is 3.21. The molecule has 26 heavy (non-hydrogen) atoms. The molecule has 1 atom stereocenters. The predicted molar refractivity (Wildman–Crippen MR) is 96.1 cm³/mol. The van der Waals surface area contributed by atoms with Gasteiger partial charge < -0.3 is 10.1 Å². The Morgan fingerprint density at radius 3 is 2.77 bits per heavy atom. The first-order valence-electron chi connectivity index (χ1n) is 9.78. The third-order valence-electron chi connectivity index (χ3n) is 6.15. The summed E-state index contributed by atoms with van der Waals surface area (Å²) in [5.41, 5.74) is 0.710. The second-order valence-corrected chi connectivity index (χ2v) is 7.92. The summed E-state index contributed by atoms with van der Waals surface area (Å²) in [7, 11) is 0. The van der Waals surface area contributed by atoms with E-state index in [-0.39, 0.29) is 30.3 Å². The zero-order chi connectivity index (χ0) is 18.0. The van der Waals surface area contributed by atoms with Crippen LogP contribution >= 0.6 is 0 Å². The number of aromatic nitrogens is 1. The summed E-state index contributed by atoms with van der Waals surface area (Å²) in [5.74, 6) is -0.493. The number of carbonyl (C=O) groups is 2. The molecule has 6 heteroatoms. The number of esters is 1. The molecule has 0 bridgehead atoms. The number of pyridine rings is 1. The molecule has 0 aromatic carbocycles. The molecule has 3 aliphatic rings. The van der Waals surface area contributed by atoms with Crippen molar-refractivity contribution in [2.75, 3.05) is 13.1 Å². The Bertz CT molecular complexity index is 650. The summed E-state index contributed by atoms with van der Waals surface area (Å²) in [6.45, 7) is 2.83. The minimum Gasteiger partial charge on any atom is -0.458 e. The summed E-state index contributed by atoms with van der Waals surface area (Å²) >= 11 is 0. The van der Waals surface area contributed by atoms with Crippen LogP contribution in [0.25, 0.3) is 0 Å². The fourth-order valence-electron chi connectivity index (χ4n) is 4.73. The van der Waals surface area contributed by atoms with E-state index in [1.165, 1.54) is 5.56 Å². The highest BCUT2D eigenvalue weighted by Crippen LogP contribution is 2.45. The van der Waals surface area contributed by atoms with Crippen molar-refractivity contribution in [1.82, 2.24) is 15.2 Å². The SMILES string of the molecule is O=C1C[C@@H](C(=O)NC2CCN(Cc3cccnc3)CC2)C2(CCCC2)O1. The second-order valence-electron chi connectivity index (χ2n) is 7.92. The minimum absolute atomic E-state index is 0.0171. The van der Waals surface area contributed by atoms with E-state index >= 15 is 0 Å². The van der Waals surface area contributed by atoms with E-state index in [2.05, 4.69) is 21.3 Å². The first kappa shape index (κ1) is 17.5. The van der Waals surface area contributed by atoms with Gasteiger partial charge in [-0.1, -0.05) is 6.07 Å². The molecule has 1 aromatic rings. The number of carbonyl (C=O) groups excluding carboxylic acids is 2. The van der Waals surface area contributed by atoms with Crippen molar-refractivity contribution in [3.8, 4) is 0 Å². The van der Waals surface area contributed by atoms with Crippen LogP contribution in [-0.2, 0) is 20.9 Å². The molecule has 1 N–H and O–H groups in total. The minimum atomic E-state index is -0.512. The maximum Gasteiger partial charge on any atom is 0.307 e. The van der Waals surface area contributed by atoms with Crippen LogP contribution in [0, 0.1) is 5.92 Å². The zero-order valence-electron chi connectivity index (χ0n) is 15.2. The third-order valence-corrected chi connectivity index (χ3v) is 6.15. The van der Waals surface area contributed by atoms with Crippen molar-refractivity contribution in [2.45, 2.75) is 63.1 Å². The van der Waals surface area contributed by atoms with Gasteiger partial charge in [-0.25, -0.2) is 0 Å². The van der Waals surface area contributed by atoms with Crippen LogP contribution in [0.1, 0.15) is 50.5 Å². The molecule has 2 aliphatic heterocycles. The van der Waals surface area contributed by atoms with Crippen molar-refractivity contribution < 1.29 is 14.3 Å². The van der Waals surface area contributed by atoms with Gasteiger partial charge in [0.2, 0.25) is 5.91 Å². The van der Waals surface area contributed by atoms with Crippen LogP contribution in [0.15, 0.2) is 24.5 Å². The Balaban J connectivity index is 1.29. The number of rotatable bonds is 4. The van der Waals surface area contributed by atoms with Gasteiger partial charge in [0.15, 0.2) is 0 Å². The molecule has 1 spiro atoms. The van der Waals surface area contributed by atoms with Crippen molar-refractivity contribution in [3.05, 3.63) is 30.1 Å². The Hall–Kier alpha value is -1.95. The molecule has 0 unspecified atom stereocenters. The lowest BCUT2D eigenvalue weighted by Gasteiger charge is -2.34. The number of amides is 1. The predicted octanol–water partition coefficient (Wildman–Crippen LogP) is 2.04. The number of piperidine rings is 1. The van der Waals surface area contributed by atoms with Gasteiger partial charge in [-0.15, -0.1) is 0 Å². The van der Waals surface area contributed by atoms with Gasteiger partial charge in [0, 0.05) is 38.1 Å². The molecule has 4 rings (SSSR count). The average Bonchev–Trinajstić information content (AvgIpc) is 3.24. The largest absolute Gasteiger partial charge is 0.458 e. The van der Waals surface area contributed by atoms with E-state index in [0.717, 1.165) is 58.2 Å². The van der Waals surface area contributed by atoms with Crippen LogP contribution < -0.4 is 5.32 Å². The number of ether oxygens (including phenoxy) is 1. The Morgan fingerprint density at radius 2 is 2.08 bits per heavy atom. The maximum absolute atomic E-state index is 12.8. The monoisotopic (exact) mass is 357 g/mol. The molecule has 6 nitrogen and oxygen atoms in total. The smallest absolute Gasteiger partial charge is 0.307 e. The van der Waals surface area contributed by atoms with Gasteiger partial charge in [0.1, 0.15) is 5.60 Å². The Kier molecular flexibility index (Phi) is 4.94. The summed E-state index contributed by atoms with van der Waals surface area (Å²) in [6.07, 6.45) is 9.59. The molecular formula is C20H27N3O3. The third kappa shape index (κ3) is 3.61. The van der Waals surface area contributed by atoms with Crippen LogP contribution in [0.5, 0.6) is 0 Å². The van der Waals surface area contributed by atoms with Crippen molar-refractivity contribution in [1.29, 1.82) is 0 Å². The molecule has 1 amide bonds. The number of nitrogens with zero attached hydrogens (tertiary/aromatic N) is 2. The van der Waals surface area contributed by atoms with E-state index in [0.29, 0.717) is 0 Å². The molecule has 3 fully saturated rings. The highest BCUT2D eigenvalue weighted by molar-refractivity contribution is 5.88. The van der Waals surface area contributed by atoms with E-state index < -0.39 is 5.60 Å². The molecule has 140 valence electrons. The molecule has 1 aromatic heterocycles. The molecule has 2 saturated heterocycles. The molecule has 0 radical (unpaired) electrons. The van der Waals surface area contributed by atoms with Crippen LogP contribution in [0.2, 0.25) is 0 Å². The summed E-state index contributed by atoms with van der Waals surface area (Å²) in [6, 6.07) is 4.26. The van der Waals surface area contributed by atoms with Crippen molar-refractivity contribution >= 4 is 11.9 Å². The van der Waals surface area contributed by atoms with E-state index in [4.69, 9.17) is 4.74 Å². The number of hydrogen-bond donors (Lipinski definition) is 1. The number of nitrogens with one attached hydrogen (secondary N) is 1. The van der Waals surface area contributed by atoms with Crippen LogP contribution in [-0.4, -0.2) is 46.5 Å². The van der Waals surface area contributed by atoms with E-state index in [9.17, 15) is 9.59 Å². The van der Waals surface area contributed by atoms with Crippen molar-refractivity contribution in [2.24, 2.45) is 5.92 Å². The van der Waals surface area contributed by atoms with Crippen LogP contribution in [0.4, 0.5) is 0 Å². The number of likely N-dealkylation sites (tertiary alicyclic amines) is 1. The van der Waals surface area contributed by atoms with Gasteiger partial charge in [-0.05, 0) is 50.2 Å². The summed E-state index contributed by atoms with van der Waals surface area (Å²) < 4.78 is 5.60. The van der Waals surface area contributed by atoms with Crippen LogP contribution in [0.3, 0.4) is 0 Å². The van der Waals surface area contributed by atoms with Gasteiger partial charge in [-0.3, -0.25) is 19.5 Å². The Labute approximate surface area is 154 Å². The normalized spacial score (nSPS) is 26.2. The molecule has 3 heterocycles. The van der Waals surface area contributed by atoms with Gasteiger partial charge in [0.25, 0.3) is 0 Å². The van der Waals surface area contributed by atoms with E-state index in [1.54, 1.807) is 6.20 Å². The average molecular weight is 357 g/mol. The molecular weight excluding hydrogens is 330 g/mol. The fraction of sp³-hybridized carbons (Fsp3) is 0.650. The number of hydrogen-bond acceptors (Lipinski definition) is 5. The van der Waals surface area contributed by atoms with Gasteiger partial charge >= 0.3 is 5.97 Å². The first-order chi connectivity index (χ1) is 12.6. The highest BCUT2D eigenvalue weighted by atomic mass is 16.6.